The number of hydrogen-bond acceptors (Lipinski definition) is 7. The molecule has 0 aliphatic heterocycles. The topological polar surface area (TPSA) is 120 Å². The molecule has 7 nitrogen and oxygen atoms in total. The summed E-state index contributed by atoms with van der Waals surface area (Å²) in [5, 5.41) is 38.9. The third kappa shape index (κ3) is 12.4. The molecule has 0 aliphatic carbocycles. The molecule has 0 aliphatic rings. The predicted molar refractivity (Wildman–Crippen MR) is 37.3 cm³/mol. The van der Waals surface area contributed by atoms with E-state index in [2.05, 4.69) is 9.78 Å². The Morgan fingerprint density at radius 2 is 1.50 bits per heavy atom. The van der Waals surface area contributed by atoms with Crippen molar-refractivity contribution in [3.63, 3.8) is 0 Å². The molecule has 0 rings (SSSR count). The lowest BCUT2D eigenvalue weighted by Crippen LogP contribution is -2.21. The van der Waals surface area contributed by atoms with Crippen molar-refractivity contribution in [2.75, 3.05) is 26.4 Å². The molecule has 0 amide bonds. The van der Waals surface area contributed by atoms with Crippen molar-refractivity contribution in [2.24, 2.45) is 0 Å². The summed E-state index contributed by atoms with van der Waals surface area (Å²) < 4.78 is 0. The fraction of sp³-hybridized carbons (Fsp3) is 1.00. The third-order valence-electron chi connectivity index (χ3n) is 0.713. The first-order chi connectivity index (χ1) is 5.76. The Balaban J connectivity index is 0. The van der Waals surface area contributed by atoms with Crippen LogP contribution in [0.25, 0.3) is 0 Å². The first-order valence-electron chi connectivity index (χ1n) is 3.15. The van der Waals surface area contributed by atoms with E-state index in [0.717, 1.165) is 0 Å². The molecule has 12 heavy (non-hydrogen) atoms. The molecule has 0 saturated carbocycles. The van der Waals surface area contributed by atoms with Crippen LogP contribution in [0.5, 0.6) is 0 Å². The summed E-state index contributed by atoms with van der Waals surface area (Å²) in [5.41, 5.74) is 0. The molecular formula is C5H14O7. The summed E-state index contributed by atoms with van der Waals surface area (Å²) in [6.45, 7) is -0.885. The maximum absolute atomic E-state index is 8.18. The van der Waals surface area contributed by atoms with Crippen LogP contribution < -0.4 is 0 Å². The van der Waals surface area contributed by atoms with Crippen molar-refractivity contribution in [1.82, 2.24) is 0 Å². The molecule has 0 saturated heterocycles. The maximum Gasteiger partial charge on any atom is 0.142 e. The molecule has 76 valence electrons. The maximum atomic E-state index is 8.18. The Labute approximate surface area is 69.3 Å². The minimum atomic E-state index is -0.861. The molecule has 7 heteroatoms. The average Bonchev–Trinajstić information content (AvgIpc) is 2.14. The summed E-state index contributed by atoms with van der Waals surface area (Å²) in [5.74, 6) is 0. The second kappa shape index (κ2) is 13.3. The first kappa shape index (κ1) is 14.3. The van der Waals surface area contributed by atoms with Crippen molar-refractivity contribution >= 4 is 0 Å². The Morgan fingerprint density at radius 1 is 1.00 bits per heavy atom. The fourth-order valence-electron chi connectivity index (χ4n) is 0.200. The lowest BCUT2D eigenvalue weighted by atomic mass is 10.4. The van der Waals surface area contributed by atoms with Crippen molar-refractivity contribution in [3.05, 3.63) is 0 Å². The van der Waals surface area contributed by atoms with Gasteiger partial charge in [-0.15, -0.1) is 0 Å². The smallest absolute Gasteiger partial charge is 0.142 e. The molecule has 0 fully saturated rings. The van der Waals surface area contributed by atoms with Gasteiger partial charge >= 0.3 is 0 Å². The molecule has 1 atom stereocenters. The quantitative estimate of drug-likeness (QED) is 0.256. The molecule has 0 heterocycles. The third-order valence-corrected chi connectivity index (χ3v) is 0.713. The first-order valence-corrected chi connectivity index (χ1v) is 3.15. The number of aliphatic hydroxyl groups excluding tert-OH is 3. The van der Waals surface area contributed by atoms with Crippen LogP contribution in [0.2, 0.25) is 0 Å². The van der Waals surface area contributed by atoms with Gasteiger partial charge < -0.3 is 15.3 Å². The Hall–Kier alpha value is -0.280. The van der Waals surface area contributed by atoms with Gasteiger partial charge in [0.15, 0.2) is 0 Å². The van der Waals surface area contributed by atoms with Gasteiger partial charge in [0.05, 0.1) is 19.8 Å². The highest BCUT2D eigenvalue weighted by molar-refractivity contribution is 4.47. The molecule has 1 unspecified atom stereocenters. The molecule has 0 aromatic carbocycles. The van der Waals surface area contributed by atoms with E-state index >= 15 is 0 Å². The summed E-state index contributed by atoms with van der Waals surface area (Å²) >= 11 is 0. The van der Waals surface area contributed by atoms with E-state index in [-0.39, 0.29) is 19.8 Å². The average molecular weight is 186 g/mol. The van der Waals surface area contributed by atoms with Gasteiger partial charge in [-0.05, 0) is 0 Å². The van der Waals surface area contributed by atoms with Crippen LogP contribution in [-0.4, -0.2) is 58.4 Å². The van der Waals surface area contributed by atoms with Crippen LogP contribution in [0, 0.1) is 0 Å². The van der Waals surface area contributed by atoms with Gasteiger partial charge in [-0.2, -0.15) is 0 Å². The Kier molecular flexibility index (Phi) is 15.8. The molecule has 0 radical (unpaired) electrons. The van der Waals surface area contributed by atoms with Crippen LogP contribution in [0.15, 0.2) is 0 Å². The van der Waals surface area contributed by atoms with Crippen LogP contribution in [0.3, 0.4) is 0 Å². The zero-order valence-electron chi connectivity index (χ0n) is 6.46. The summed E-state index contributed by atoms with van der Waals surface area (Å²) in [6.07, 6.45) is -0.861. The van der Waals surface area contributed by atoms with E-state index in [9.17, 15) is 0 Å². The fourth-order valence-corrected chi connectivity index (χ4v) is 0.200. The van der Waals surface area contributed by atoms with Gasteiger partial charge in [0.25, 0.3) is 0 Å². The molecule has 0 aromatic rings. The van der Waals surface area contributed by atoms with Crippen molar-refractivity contribution < 1.29 is 35.6 Å². The van der Waals surface area contributed by atoms with Crippen LogP contribution in [-0.2, 0) is 9.78 Å². The summed E-state index contributed by atoms with van der Waals surface area (Å²) in [7, 11) is 0. The molecule has 0 spiro atoms. The van der Waals surface area contributed by atoms with Crippen LogP contribution >= 0.6 is 0 Å². The molecular weight excluding hydrogens is 172 g/mol. The minimum absolute atomic E-state index is 0.125. The standard InChI is InChI=1S/C3H8O5.C2H6O2/c4-1-3(8-6)2-7-5;3-1-2-4/h3-6H,1-2H2;3-4H,1-2H2. The zero-order chi connectivity index (χ0) is 9.82. The minimum Gasteiger partial charge on any atom is -0.394 e. The predicted octanol–water partition coefficient (Wildman–Crippen LogP) is -1.70. The van der Waals surface area contributed by atoms with Crippen LogP contribution in [0.1, 0.15) is 0 Å². The lowest BCUT2D eigenvalue weighted by molar-refractivity contribution is -0.330. The normalized spacial score (nSPS) is 11.8. The number of rotatable bonds is 5. The number of hydrogen-bond donors (Lipinski definition) is 5. The van der Waals surface area contributed by atoms with Crippen molar-refractivity contribution in [3.8, 4) is 0 Å². The highest BCUT2D eigenvalue weighted by Gasteiger charge is 2.05. The van der Waals surface area contributed by atoms with E-state index in [0.29, 0.717) is 0 Å². The Bertz CT molecular complexity index is 62.8. The van der Waals surface area contributed by atoms with Crippen molar-refractivity contribution in [1.29, 1.82) is 0 Å². The molecule has 0 bridgehead atoms. The van der Waals surface area contributed by atoms with Crippen LogP contribution in [0.4, 0.5) is 0 Å². The number of aliphatic hydroxyl groups is 3. The van der Waals surface area contributed by atoms with E-state index in [4.69, 9.17) is 25.8 Å². The Morgan fingerprint density at radius 3 is 1.58 bits per heavy atom. The van der Waals surface area contributed by atoms with Gasteiger partial charge in [-0.25, -0.2) is 9.78 Å². The van der Waals surface area contributed by atoms with E-state index in [1.807, 2.05) is 0 Å². The van der Waals surface area contributed by atoms with Gasteiger partial charge in [0.1, 0.15) is 12.7 Å². The lowest BCUT2D eigenvalue weighted by Gasteiger charge is -2.05. The van der Waals surface area contributed by atoms with E-state index in [1.54, 1.807) is 0 Å². The van der Waals surface area contributed by atoms with E-state index in [1.165, 1.54) is 0 Å². The van der Waals surface area contributed by atoms with Crippen molar-refractivity contribution in [2.45, 2.75) is 6.10 Å². The SMILES string of the molecule is OCC(COO)OO.OCCO. The van der Waals surface area contributed by atoms with Gasteiger partial charge in [-0.1, -0.05) is 0 Å². The van der Waals surface area contributed by atoms with E-state index < -0.39 is 12.7 Å². The highest BCUT2D eigenvalue weighted by Crippen LogP contribution is 1.85. The second-order valence-corrected chi connectivity index (χ2v) is 1.65. The highest BCUT2D eigenvalue weighted by atomic mass is 17.1. The largest absolute Gasteiger partial charge is 0.394 e. The van der Waals surface area contributed by atoms with Gasteiger partial charge in [0.2, 0.25) is 0 Å². The molecule has 0 aromatic heterocycles. The zero-order valence-corrected chi connectivity index (χ0v) is 6.46. The summed E-state index contributed by atoms with van der Waals surface area (Å²) in [4.78, 5) is 7.15. The van der Waals surface area contributed by atoms with Gasteiger partial charge in [0, 0.05) is 0 Å². The monoisotopic (exact) mass is 186 g/mol. The van der Waals surface area contributed by atoms with Gasteiger partial charge in [-0.3, -0.25) is 10.5 Å². The summed E-state index contributed by atoms with van der Waals surface area (Å²) in [6, 6.07) is 0. The molecule has 5 N–H and O–H groups in total. The second-order valence-electron chi connectivity index (χ2n) is 1.65.